The third-order valence-corrected chi connectivity index (χ3v) is 5.56. The molecule has 2 N–H and O–H groups in total. The van der Waals surface area contributed by atoms with Gasteiger partial charge in [-0.2, -0.15) is 5.10 Å². The van der Waals surface area contributed by atoms with Crippen LogP contribution < -0.4 is 10.1 Å². The Morgan fingerprint density at radius 1 is 1.13 bits per heavy atom. The molecule has 8 nitrogen and oxygen atoms in total. The minimum absolute atomic E-state index is 0.0319. The Balaban J connectivity index is 1.27. The molecule has 0 aliphatic carbocycles. The van der Waals surface area contributed by atoms with E-state index in [1.165, 1.54) is 0 Å². The molecule has 0 radical (unpaired) electrons. The predicted molar refractivity (Wildman–Crippen MR) is 115 cm³/mol. The Hall–Kier alpha value is -3.68. The topological polar surface area (TPSA) is 100 Å². The zero-order chi connectivity index (χ0) is 21.6. The Labute approximate surface area is 180 Å². The molecule has 1 aliphatic rings. The highest BCUT2D eigenvalue weighted by Crippen LogP contribution is 2.21. The number of aromatic nitrogens is 3. The molecule has 1 saturated heterocycles. The highest BCUT2D eigenvalue weighted by molar-refractivity contribution is 5.93. The maximum absolute atomic E-state index is 12.8. The number of amides is 2. The van der Waals surface area contributed by atoms with Crippen molar-refractivity contribution in [2.45, 2.75) is 19.4 Å². The van der Waals surface area contributed by atoms with Crippen LogP contribution in [0.15, 0.2) is 54.9 Å². The first kappa shape index (κ1) is 20.6. The Morgan fingerprint density at radius 3 is 2.52 bits per heavy atom. The van der Waals surface area contributed by atoms with E-state index in [0.717, 1.165) is 16.9 Å². The molecule has 0 bridgehead atoms. The highest BCUT2D eigenvalue weighted by atomic mass is 16.5. The van der Waals surface area contributed by atoms with E-state index < -0.39 is 0 Å². The highest BCUT2D eigenvalue weighted by Gasteiger charge is 2.28. The molecule has 4 rings (SSSR count). The number of carbonyl (C=O) groups is 2. The van der Waals surface area contributed by atoms with E-state index in [2.05, 4.69) is 20.5 Å². The van der Waals surface area contributed by atoms with Crippen LogP contribution in [-0.2, 0) is 11.3 Å². The van der Waals surface area contributed by atoms with Crippen LogP contribution in [0.1, 0.15) is 28.9 Å². The van der Waals surface area contributed by atoms with Gasteiger partial charge in [0.05, 0.1) is 12.8 Å². The molecule has 8 heteroatoms. The third kappa shape index (κ3) is 4.91. The number of H-pyrrole nitrogens is 1. The zero-order valence-electron chi connectivity index (χ0n) is 17.4. The van der Waals surface area contributed by atoms with E-state index in [1.54, 1.807) is 30.5 Å². The van der Waals surface area contributed by atoms with Crippen LogP contribution in [0.5, 0.6) is 5.75 Å². The number of nitrogens with one attached hydrogen (secondary N) is 2. The summed E-state index contributed by atoms with van der Waals surface area (Å²) in [6.07, 6.45) is 4.67. The van der Waals surface area contributed by atoms with Crippen LogP contribution in [0.25, 0.3) is 11.3 Å². The first-order valence-corrected chi connectivity index (χ1v) is 10.3. The lowest BCUT2D eigenvalue weighted by Gasteiger charge is -2.31. The molecule has 3 aromatic rings. The van der Waals surface area contributed by atoms with Gasteiger partial charge in [-0.1, -0.05) is 12.1 Å². The van der Waals surface area contributed by atoms with E-state index in [1.807, 2.05) is 36.4 Å². The van der Waals surface area contributed by atoms with Gasteiger partial charge in [-0.15, -0.1) is 0 Å². The molecular formula is C23H25N5O3. The number of carbonyl (C=O) groups excluding carboxylic acids is 2. The lowest BCUT2D eigenvalue weighted by molar-refractivity contribution is -0.126. The van der Waals surface area contributed by atoms with Gasteiger partial charge in [0.25, 0.3) is 5.91 Å². The van der Waals surface area contributed by atoms with Crippen molar-refractivity contribution in [2.24, 2.45) is 5.92 Å². The van der Waals surface area contributed by atoms with E-state index in [9.17, 15) is 9.59 Å². The molecule has 3 heterocycles. The molecular weight excluding hydrogens is 394 g/mol. The minimum Gasteiger partial charge on any atom is -0.497 e. The smallest absolute Gasteiger partial charge is 0.271 e. The van der Waals surface area contributed by atoms with Gasteiger partial charge in [0, 0.05) is 43.5 Å². The molecule has 2 aromatic heterocycles. The first-order chi connectivity index (χ1) is 15.1. The summed E-state index contributed by atoms with van der Waals surface area (Å²) in [5.41, 5.74) is 3.08. The Morgan fingerprint density at radius 2 is 1.84 bits per heavy atom. The zero-order valence-corrected chi connectivity index (χ0v) is 17.4. The standard InChI is InChI=1S/C23H25N5O3/c1-31-19-4-2-16(3-5-19)15-25-22(29)18-8-12-28(13-9-18)23(30)21-14-20(26-27-21)17-6-10-24-11-7-17/h2-7,10-11,14,18H,8-9,12-13,15H2,1H3,(H,25,29)(H,26,27). The Kier molecular flexibility index (Phi) is 6.26. The quantitative estimate of drug-likeness (QED) is 0.640. The number of likely N-dealkylation sites (tertiary alicyclic amines) is 1. The first-order valence-electron chi connectivity index (χ1n) is 10.3. The predicted octanol–water partition coefficient (Wildman–Crippen LogP) is 2.65. The van der Waals surface area contributed by atoms with Gasteiger partial charge in [0.15, 0.2) is 0 Å². The molecule has 1 aliphatic heterocycles. The summed E-state index contributed by atoms with van der Waals surface area (Å²) >= 11 is 0. The SMILES string of the molecule is COc1ccc(CNC(=O)C2CCN(C(=O)c3cc(-c4ccncc4)n[nH]3)CC2)cc1. The number of aromatic amines is 1. The number of rotatable bonds is 6. The van der Waals surface area contributed by atoms with Crippen LogP contribution in [-0.4, -0.2) is 52.1 Å². The summed E-state index contributed by atoms with van der Waals surface area (Å²) in [6.45, 7) is 1.57. The third-order valence-electron chi connectivity index (χ3n) is 5.56. The van der Waals surface area contributed by atoms with Crippen molar-refractivity contribution >= 4 is 11.8 Å². The van der Waals surface area contributed by atoms with Gasteiger partial charge >= 0.3 is 0 Å². The van der Waals surface area contributed by atoms with Crippen molar-refractivity contribution in [1.29, 1.82) is 0 Å². The molecule has 1 fully saturated rings. The fourth-order valence-electron chi connectivity index (χ4n) is 3.69. The second-order valence-corrected chi connectivity index (χ2v) is 7.54. The number of benzene rings is 1. The fraction of sp³-hybridized carbons (Fsp3) is 0.304. The maximum Gasteiger partial charge on any atom is 0.271 e. The van der Waals surface area contributed by atoms with Crippen LogP contribution in [0, 0.1) is 5.92 Å². The van der Waals surface area contributed by atoms with Gasteiger partial charge < -0.3 is 15.0 Å². The van der Waals surface area contributed by atoms with E-state index >= 15 is 0 Å². The summed E-state index contributed by atoms with van der Waals surface area (Å²) in [7, 11) is 1.63. The normalized spacial score (nSPS) is 14.3. The number of hydrogen-bond acceptors (Lipinski definition) is 5. The van der Waals surface area contributed by atoms with Crippen LogP contribution in [0.4, 0.5) is 0 Å². The Bertz CT molecular complexity index is 1020. The summed E-state index contributed by atoms with van der Waals surface area (Å²) in [5, 5.41) is 10.1. The average Bonchev–Trinajstić information content (AvgIpc) is 3.33. The molecule has 31 heavy (non-hydrogen) atoms. The average molecular weight is 419 g/mol. The van der Waals surface area contributed by atoms with Gasteiger partial charge in [0.1, 0.15) is 11.4 Å². The van der Waals surface area contributed by atoms with Crippen molar-refractivity contribution in [2.75, 3.05) is 20.2 Å². The minimum atomic E-state index is -0.0927. The van der Waals surface area contributed by atoms with Crippen molar-refractivity contribution in [1.82, 2.24) is 25.4 Å². The van der Waals surface area contributed by atoms with Crippen molar-refractivity contribution < 1.29 is 14.3 Å². The van der Waals surface area contributed by atoms with Gasteiger partial charge in [0.2, 0.25) is 5.91 Å². The van der Waals surface area contributed by atoms with E-state index in [0.29, 0.717) is 43.9 Å². The largest absolute Gasteiger partial charge is 0.497 e. The van der Waals surface area contributed by atoms with Crippen LogP contribution in [0.2, 0.25) is 0 Å². The van der Waals surface area contributed by atoms with Crippen molar-refractivity contribution in [3.05, 3.63) is 66.1 Å². The summed E-state index contributed by atoms with van der Waals surface area (Å²) in [6, 6.07) is 13.1. The van der Waals surface area contributed by atoms with Crippen molar-refractivity contribution in [3.63, 3.8) is 0 Å². The van der Waals surface area contributed by atoms with Gasteiger partial charge in [-0.05, 0) is 48.7 Å². The van der Waals surface area contributed by atoms with Gasteiger partial charge in [-0.3, -0.25) is 19.7 Å². The summed E-state index contributed by atoms with van der Waals surface area (Å²) in [4.78, 5) is 31.1. The number of piperidine rings is 1. The second-order valence-electron chi connectivity index (χ2n) is 7.54. The summed E-state index contributed by atoms with van der Waals surface area (Å²) < 4.78 is 5.15. The monoisotopic (exact) mass is 419 g/mol. The van der Waals surface area contributed by atoms with Gasteiger partial charge in [-0.25, -0.2) is 0 Å². The molecule has 0 spiro atoms. The lowest BCUT2D eigenvalue weighted by atomic mass is 9.95. The molecule has 0 atom stereocenters. The number of pyridine rings is 1. The number of nitrogens with zero attached hydrogens (tertiary/aromatic N) is 3. The van der Waals surface area contributed by atoms with E-state index in [4.69, 9.17) is 4.74 Å². The number of methoxy groups -OCH3 is 1. The lowest BCUT2D eigenvalue weighted by Crippen LogP contribution is -2.43. The second kappa shape index (κ2) is 9.42. The number of hydrogen-bond donors (Lipinski definition) is 2. The van der Waals surface area contributed by atoms with E-state index in [-0.39, 0.29) is 17.7 Å². The van der Waals surface area contributed by atoms with Crippen molar-refractivity contribution in [3.8, 4) is 17.0 Å². The summed E-state index contributed by atoms with van der Waals surface area (Å²) in [5.74, 6) is 0.642. The molecule has 2 amide bonds. The number of ether oxygens (including phenoxy) is 1. The maximum atomic E-state index is 12.8. The molecule has 0 unspecified atom stereocenters. The molecule has 160 valence electrons. The molecule has 0 saturated carbocycles. The van der Waals surface area contributed by atoms with Crippen LogP contribution in [0.3, 0.4) is 0 Å². The fourth-order valence-corrected chi connectivity index (χ4v) is 3.69. The van der Waals surface area contributed by atoms with Crippen LogP contribution >= 0.6 is 0 Å². The molecule has 1 aromatic carbocycles.